The van der Waals surface area contributed by atoms with Crippen LogP contribution in [0.2, 0.25) is 0 Å². The number of hydrogen-bond acceptors (Lipinski definition) is 4. The number of esters is 1. The van der Waals surface area contributed by atoms with Crippen LogP contribution in [0.5, 0.6) is 0 Å². The van der Waals surface area contributed by atoms with E-state index in [1.165, 1.54) is 0 Å². The lowest BCUT2D eigenvalue weighted by molar-refractivity contribution is -0.153. The zero-order valence-electron chi connectivity index (χ0n) is 6.96. The molecule has 0 aromatic rings. The van der Waals surface area contributed by atoms with Crippen LogP contribution >= 0.6 is 0 Å². The summed E-state index contributed by atoms with van der Waals surface area (Å²) in [4.78, 5) is 10.6. The van der Waals surface area contributed by atoms with Gasteiger partial charge in [0.15, 0.2) is 0 Å². The first-order chi connectivity index (χ1) is 5.31. The van der Waals surface area contributed by atoms with Crippen LogP contribution < -0.4 is 0 Å². The Morgan fingerprint density at radius 1 is 1.18 bits per heavy atom. The Kier molecular flexibility index (Phi) is 7.08. The molecule has 0 saturated heterocycles. The number of carbonyl (C=O) groups excluding carboxylic acids is 1. The van der Waals surface area contributed by atoms with Crippen LogP contribution in [0.1, 0.15) is 13.8 Å². The van der Waals surface area contributed by atoms with Gasteiger partial charge in [0.1, 0.15) is 13.4 Å². The SMILES string of the molecule is CCOCOCC(=O)OCC. The van der Waals surface area contributed by atoms with Gasteiger partial charge in [-0.1, -0.05) is 0 Å². The van der Waals surface area contributed by atoms with E-state index >= 15 is 0 Å². The van der Waals surface area contributed by atoms with E-state index in [2.05, 4.69) is 4.74 Å². The molecule has 4 heteroatoms. The summed E-state index contributed by atoms with van der Waals surface area (Å²) >= 11 is 0. The lowest BCUT2D eigenvalue weighted by Gasteiger charge is -2.02. The zero-order chi connectivity index (χ0) is 8.53. The van der Waals surface area contributed by atoms with E-state index in [9.17, 15) is 4.79 Å². The van der Waals surface area contributed by atoms with Gasteiger partial charge in [0, 0.05) is 6.61 Å². The van der Waals surface area contributed by atoms with Crippen molar-refractivity contribution < 1.29 is 19.0 Å². The molecule has 0 fully saturated rings. The molecule has 0 N–H and O–H groups in total. The molecule has 11 heavy (non-hydrogen) atoms. The van der Waals surface area contributed by atoms with Crippen molar-refractivity contribution >= 4 is 5.97 Å². The van der Waals surface area contributed by atoms with Crippen LogP contribution in [0.3, 0.4) is 0 Å². The summed E-state index contributed by atoms with van der Waals surface area (Å²) in [5.41, 5.74) is 0. The van der Waals surface area contributed by atoms with E-state index in [4.69, 9.17) is 9.47 Å². The third kappa shape index (κ3) is 7.29. The molecule has 0 aliphatic rings. The van der Waals surface area contributed by atoms with E-state index in [-0.39, 0.29) is 19.4 Å². The van der Waals surface area contributed by atoms with Gasteiger partial charge in [-0.3, -0.25) is 0 Å². The summed E-state index contributed by atoms with van der Waals surface area (Å²) in [6.45, 7) is 4.69. The van der Waals surface area contributed by atoms with Gasteiger partial charge in [-0.2, -0.15) is 0 Å². The Morgan fingerprint density at radius 3 is 2.45 bits per heavy atom. The van der Waals surface area contributed by atoms with E-state index in [0.29, 0.717) is 13.2 Å². The molecule has 66 valence electrons. The molecule has 0 saturated carbocycles. The molecule has 0 aromatic heterocycles. The largest absolute Gasteiger partial charge is 0.464 e. The normalized spacial score (nSPS) is 9.64. The second kappa shape index (κ2) is 7.50. The molecule has 0 rings (SSSR count). The van der Waals surface area contributed by atoms with Crippen molar-refractivity contribution in [3.05, 3.63) is 0 Å². The maximum absolute atomic E-state index is 10.6. The standard InChI is InChI=1S/C7H14O4/c1-3-9-6-10-5-7(8)11-4-2/h3-6H2,1-2H3. The molecule has 4 nitrogen and oxygen atoms in total. The van der Waals surface area contributed by atoms with Crippen molar-refractivity contribution in [3.63, 3.8) is 0 Å². The third-order valence-electron chi connectivity index (χ3n) is 0.896. The highest BCUT2D eigenvalue weighted by Gasteiger charge is 1.99. The highest BCUT2D eigenvalue weighted by atomic mass is 16.7. The zero-order valence-corrected chi connectivity index (χ0v) is 6.96. The second-order valence-electron chi connectivity index (χ2n) is 1.76. The minimum atomic E-state index is -0.354. The predicted molar refractivity (Wildman–Crippen MR) is 39.1 cm³/mol. The summed E-state index contributed by atoms with van der Waals surface area (Å²) in [6, 6.07) is 0. The van der Waals surface area contributed by atoms with Crippen molar-refractivity contribution in [2.45, 2.75) is 13.8 Å². The Hall–Kier alpha value is -0.610. The molecule has 0 aliphatic carbocycles. The Balaban J connectivity index is 3.04. The summed E-state index contributed by atoms with van der Waals surface area (Å²) in [7, 11) is 0. The molecule has 0 bridgehead atoms. The summed E-state index contributed by atoms with van der Waals surface area (Å²) in [5.74, 6) is -0.354. The highest BCUT2D eigenvalue weighted by Crippen LogP contribution is 1.82. The smallest absolute Gasteiger partial charge is 0.332 e. The van der Waals surface area contributed by atoms with Crippen molar-refractivity contribution in [1.82, 2.24) is 0 Å². The molecular weight excluding hydrogens is 148 g/mol. The summed E-state index contributed by atoms with van der Waals surface area (Å²) in [6.07, 6.45) is 0. The molecule has 0 radical (unpaired) electrons. The summed E-state index contributed by atoms with van der Waals surface area (Å²) in [5, 5.41) is 0. The first-order valence-corrected chi connectivity index (χ1v) is 3.62. The second-order valence-corrected chi connectivity index (χ2v) is 1.76. The van der Waals surface area contributed by atoms with Crippen molar-refractivity contribution in [3.8, 4) is 0 Å². The topological polar surface area (TPSA) is 44.8 Å². The highest BCUT2D eigenvalue weighted by molar-refractivity contribution is 5.70. The van der Waals surface area contributed by atoms with Crippen molar-refractivity contribution in [2.75, 3.05) is 26.6 Å². The first kappa shape index (κ1) is 10.4. The predicted octanol–water partition coefficient (Wildman–Crippen LogP) is 0.560. The third-order valence-corrected chi connectivity index (χ3v) is 0.896. The van der Waals surface area contributed by atoms with Gasteiger partial charge in [0.2, 0.25) is 0 Å². The number of carbonyl (C=O) groups is 1. The average Bonchev–Trinajstić information content (AvgIpc) is 1.99. The number of hydrogen-bond donors (Lipinski definition) is 0. The van der Waals surface area contributed by atoms with E-state index in [1.54, 1.807) is 6.92 Å². The molecular formula is C7H14O4. The molecule has 0 atom stereocenters. The van der Waals surface area contributed by atoms with Crippen molar-refractivity contribution in [2.24, 2.45) is 0 Å². The Morgan fingerprint density at radius 2 is 1.91 bits per heavy atom. The van der Waals surface area contributed by atoms with Gasteiger partial charge in [0.25, 0.3) is 0 Å². The minimum Gasteiger partial charge on any atom is -0.464 e. The fourth-order valence-corrected chi connectivity index (χ4v) is 0.470. The van der Waals surface area contributed by atoms with Crippen LogP contribution in [-0.4, -0.2) is 32.6 Å². The Bertz CT molecular complexity index is 103. The van der Waals surface area contributed by atoms with Crippen LogP contribution in [0.15, 0.2) is 0 Å². The fraction of sp³-hybridized carbons (Fsp3) is 0.857. The average molecular weight is 162 g/mol. The van der Waals surface area contributed by atoms with E-state index < -0.39 is 0 Å². The van der Waals surface area contributed by atoms with Crippen LogP contribution in [-0.2, 0) is 19.0 Å². The molecule has 0 heterocycles. The number of ether oxygens (including phenoxy) is 3. The molecule has 0 aliphatic heterocycles. The molecule has 0 aromatic carbocycles. The maximum atomic E-state index is 10.6. The van der Waals surface area contributed by atoms with Gasteiger partial charge in [-0.05, 0) is 13.8 Å². The van der Waals surface area contributed by atoms with Crippen LogP contribution in [0.4, 0.5) is 0 Å². The molecule has 0 spiro atoms. The lowest BCUT2D eigenvalue weighted by atomic mass is 10.7. The van der Waals surface area contributed by atoms with E-state index in [0.717, 1.165) is 0 Å². The quantitative estimate of drug-likeness (QED) is 0.325. The van der Waals surface area contributed by atoms with Gasteiger partial charge >= 0.3 is 5.97 Å². The lowest BCUT2D eigenvalue weighted by Crippen LogP contribution is -2.13. The minimum absolute atomic E-state index is 0.0339. The van der Waals surface area contributed by atoms with Gasteiger partial charge < -0.3 is 14.2 Å². The Labute approximate surface area is 66.4 Å². The van der Waals surface area contributed by atoms with Crippen LogP contribution in [0, 0.1) is 0 Å². The van der Waals surface area contributed by atoms with Gasteiger partial charge in [-0.15, -0.1) is 0 Å². The number of rotatable bonds is 6. The molecule has 0 amide bonds. The first-order valence-electron chi connectivity index (χ1n) is 3.62. The molecule has 0 unspecified atom stereocenters. The van der Waals surface area contributed by atoms with Crippen molar-refractivity contribution in [1.29, 1.82) is 0 Å². The van der Waals surface area contributed by atoms with Gasteiger partial charge in [-0.25, -0.2) is 4.79 Å². The van der Waals surface area contributed by atoms with Gasteiger partial charge in [0.05, 0.1) is 6.61 Å². The fourth-order valence-electron chi connectivity index (χ4n) is 0.470. The van der Waals surface area contributed by atoms with E-state index in [1.807, 2.05) is 6.92 Å². The van der Waals surface area contributed by atoms with Crippen LogP contribution in [0.25, 0.3) is 0 Å². The summed E-state index contributed by atoms with van der Waals surface area (Å²) < 4.78 is 14.2. The monoisotopic (exact) mass is 162 g/mol. The maximum Gasteiger partial charge on any atom is 0.332 e.